The first kappa shape index (κ1) is 11.5. The van der Waals surface area contributed by atoms with E-state index in [0.717, 1.165) is 12.8 Å². The van der Waals surface area contributed by atoms with Crippen LogP contribution in [0.5, 0.6) is 0 Å². The van der Waals surface area contributed by atoms with E-state index in [1.165, 1.54) is 0 Å². The molecule has 0 unspecified atom stereocenters. The molecule has 0 bridgehead atoms. The minimum atomic E-state index is -0.872. The van der Waals surface area contributed by atoms with Crippen molar-refractivity contribution < 1.29 is 9.90 Å². The Morgan fingerprint density at radius 1 is 1.67 bits per heavy atom. The lowest BCUT2D eigenvalue weighted by Gasteiger charge is -2.12. The van der Waals surface area contributed by atoms with Gasteiger partial charge in [-0.25, -0.2) is 9.78 Å². The number of nitrogens with zero attached hydrogens (tertiary/aromatic N) is 1. The second kappa shape index (κ2) is 6.02. The van der Waals surface area contributed by atoms with E-state index in [4.69, 9.17) is 10.8 Å². The average molecular weight is 212 g/mol. The number of rotatable bonds is 7. The molecule has 0 fully saturated rings. The second-order valence-electron chi connectivity index (χ2n) is 3.26. The van der Waals surface area contributed by atoms with Crippen molar-refractivity contribution in [1.82, 2.24) is 9.97 Å². The molecule has 0 saturated heterocycles. The van der Waals surface area contributed by atoms with Crippen LogP contribution in [-0.4, -0.2) is 33.6 Å². The lowest BCUT2D eigenvalue weighted by atomic mass is 10.1. The van der Waals surface area contributed by atoms with Gasteiger partial charge in [-0.1, -0.05) is 0 Å². The van der Waals surface area contributed by atoms with E-state index in [2.05, 4.69) is 15.3 Å². The molecule has 5 N–H and O–H groups in total. The molecule has 6 nitrogen and oxygen atoms in total. The summed E-state index contributed by atoms with van der Waals surface area (Å²) in [7, 11) is 0. The summed E-state index contributed by atoms with van der Waals surface area (Å²) in [5.74, 6) is -0.390. The number of carboxylic acids is 1. The highest BCUT2D eigenvalue weighted by molar-refractivity contribution is 5.76. The zero-order chi connectivity index (χ0) is 11.1. The first-order valence-electron chi connectivity index (χ1n) is 4.93. The summed E-state index contributed by atoms with van der Waals surface area (Å²) < 4.78 is 0. The summed E-state index contributed by atoms with van der Waals surface area (Å²) >= 11 is 0. The Balaban J connectivity index is 2.40. The lowest BCUT2D eigenvalue weighted by molar-refractivity contribution is -0.138. The maximum Gasteiger partial charge on any atom is 0.326 e. The SMILES string of the molecule is NCCCC[C@H](Nc1ncc[nH]1)C(=O)O. The number of unbranched alkanes of at least 4 members (excludes halogenated alkanes) is 1. The van der Waals surface area contributed by atoms with E-state index in [0.29, 0.717) is 18.9 Å². The van der Waals surface area contributed by atoms with Gasteiger partial charge in [-0.3, -0.25) is 0 Å². The Morgan fingerprint density at radius 3 is 3.00 bits per heavy atom. The van der Waals surface area contributed by atoms with E-state index in [-0.39, 0.29) is 0 Å². The number of hydrogen-bond donors (Lipinski definition) is 4. The summed E-state index contributed by atoms with van der Waals surface area (Å²) in [6.07, 6.45) is 5.39. The molecule has 15 heavy (non-hydrogen) atoms. The molecule has 0 aliphatic carbocycles. The Labute approximate surface area is 87.9 Å². The number of aromatic nitrogens is 2. The van der Waals surface area contributed by atoms with Gasteiger partial charge in [-0.2, -0.15) is 0 Å². The van der Waals surface area contributed by atoms with E-state index >= 15 is 0 Å². The van der Waals surface area contributed by atoms with Crippen LogP contribution in [0, 0.1) is 0 Å². The Hall–Kier alpha value is -1.56. The van der Waals surface area contributed by atoms with Crippen molar-refractivity contribution in [2.75, 3.05) is 11.9 Å². The fourth-order valence-corrected chi connectivity index (χ4v) is 1.26. The quantitative estimate of drug-likeness (QED) is 0.490. The third-order valence-corrected chi connectivity index (χ3v) is 2.05. The first-order chi connectivity index (χ1) is 7.24. The van der Waals surface area contributed by atoms with E-state index in [1.807, 2.05) is 0 Å². The van der Waals surface area contributed by atoms with Crippen molar-refractivity contribution in [2.24, 2.45) is 5.73 Å². The van der Waals surface area contributed by atoms with Crippen LogP contribution in [0.3, 0.4) is 0 Å². The number of imidazole rings is 1. The van der Waals surface area contributed by atoms with Gasteiger partial charge >= 0.3 is 5.97 Å². The van der Waals surface area contributed by atoms with Crippen LogP contribution in [-0.2, 0) is 4.79 Å². The van der Waals surface area contributed by atoms with Gasteiger partial charge in [0.05, 0.1) is 0 Å². The van der Waals surface area contributed by atoms with Crippen molar-refractivity contribution >= 4 is 11.9 Å². The Bertz CT molecular complexity index is 286. The number of aliphatic carboxylic acids is 1. The standard InChI is InChI=1S/C9H16N4O2/c10-4-2-1-3-7(8(14)15)13-9-11-5-6-12-9/h5-7H,1-4,10H2,(H,14,15)(H2,11,12,13)/t7-/m0/s1. The Morgan fingerprint density at radius 2 is 2.47 bits per heavy atom. The van der Waals surface area contributed by atoms with Crippen LogP contribution in [0.25, 0.3) is 0 Å². The van der Waals surface area contributed by atoms with Gasteiger partial charge in [0.1, 0.15) is 6.04 Å². The van der Waals surface area contributed by atoms with Crippen LogP contribution in [0.4, 0.5) is 5.95 Å². The number of carboxylic acid groups (broad SMARTS) is 1. The molecule has 0 spiro atoms. The molecular formula is C9H16N4O2. The maximum atomic E-state index is 10.9. The van der Waals surface area contributed by atoms with E-state index in [1.54, 1.807) is 12.4 Å². The number of carbonyl (C=O) groups is 1. The van der Waals surface area contributed by atoms with Crippen LogP contribution in [0.15, 0.2) is 12.4 Å². The Kier molecular flexibility index (Phi) is 4.62. The first-order valence-corrected chi connectivity index (χ1v) is 4.93. The number of aromatic amines is 1. The lowest BCUT2D eigenvalue weighted by Crippen LogP contribution is -2.29. The number of nitrogens with two attached hydrogens (primary N) is 1. The smallest absolute Gasteiger partial charge is 0.326 e. The van der Waals surface area contributed by atoms with Crippen molar-refractivity contribution in [3.8, 4) is 0 Å². The summed E-state index contributed by atoms with van der Waals surface area (Å²) in [4.78, 5) is 17.6. The van der Waals surface area contributed by atoms with Crippen molar-refractivity contribution in [1.29, 1.82) is 0 Å². The molecule has 0 amide bonds. The van der Waals surface area contributed by atoms with Crippen LogP contribution in [0.1, 0.15) is 19.3 Å². The molecular weight excluding hydrogens is 196 g/mol. The summed E-state index contributed by atoms with van der Waals surface area (Å²) in [5, 5.41) is 11.7. The molecule has 84 valence electrons. The zero-order valence-electron chi connectivity index (χ0n) is 8.44. The van der Waals surface area contributed by atoms with Crippen LogP contribution < -0.4 is 11.1 Å². The third-order valence-electron chi connectivity index (χ3n) is 2.05. The number of H-pyrrole nitrogens is 1. The zero-order valence-corrected chi connectivity index (χ0v) is 8.44. The second-order valence-corrected chi connectivity index (χ2v) is 3.26. The molecule has 1 rings (SSSR count). The van der Waals surface area contributed by atoms with Gasteiger partial charge in [0.15, 0.2) is 0 Å². The van der Waals surface area contributed by atoms with Crippen molar-refractivity contribution in [2.45, 2.75) is 25.3 Å². The number of anilines is 1. The average Bonchev–Trinajstić information content (AvgIpc) is 2.69. The van der Waals surface area contributed by atoms with Gasteiger partial charge in [0.2, 0.25) is 5.95 Å². The normalized spacial score (nSPS) is 12.3. The number of hydrogen-bond acceptors (Lipinski definition) is 4. The highest BCUT2D eigenvalue weighted by Crippen LogP contribution is 2.06. The van der Waals surface area contributed by atoms with Crippen molar-refractivity contribution in [3.63, 3.8) is 0 Å². The largest absolute Gasteiger partial charge is 0.480 e. The molecule has 0 saturated carbocycles. The predicted molar refractivity (Wildman–Crippen MR) is 56.5 cm³/mol. The number of nitrogens with one attached hydrogen (secondary N) is 2. The van der Waals surface area contributed by atoms with Gasteiger partial charge in [0.25, 0.3) is 0 Å². The van der Waals surface area contributed by atoms with Gasteiger partial charge in [-0.05, 0) is 25.8 Å². The van der Waals surface area contributed by atoms with E-state index < -0.39 is 12.0 Å². The molecule has 6 heteroatoms. The van der Waals surface area contributed by atoms with E-state index in [9.17, 15) is 4.79 Å². The molecule has 1 aromatic heterocycles. The topological polar surface area (TPSA) is 104 Å². The monoisotopic (exact) mass is 212 g/mol. The molecule has 0 aromatic carbocycles. The molecule has 0 aliphatic heterocycles. The van der Waals surface area contributed by atoms with Crippen LogP contribution in [0.2, 0.25) is 0 Å². The minimum absolute atomic E-state index is 0.482. The molecule has 1 heterocycles. The predicted octanol–water partition coefficient (Wildman–Crippen LogP) is 0.404. The molecule has 0 radical (unpaired) electrons. The summed E-state index contributed by atoms with van der Waals surface area (Å²) in [6, 6.07) is -0.609. The highest BCUT2D eigenvalue weighted by Gasteiger charge is 2.16. The van der Waals surface area contributed by atoms with Crippen LogP contribution >= 0.6 is 0 Å². The summed E-state index contributed by atoms with van der Waals surface area (Å²) in [5.41, 5.74) is 5.34. The maximum absolute atomic E-state index is 10.9. The van der Waals surface area contributed by atoms with Gasteiger partial charge < -0.3 is 21.1 Å². The fraction of sp³-hybridized carbons (Fsp3) is 0.556. The molecule has 1 atom stereocenters. The minimum Gasteiger partial charge on any atom is -0.480 e. The third kappa shape index (κ3) is 3.99. The van der Waals surface area contributed by atoms with Gasteiger partial charge in [0, 0.05) is 12.4 Å². The molecule has 0 aliphatic rings. The summed E-state index contributed by atoms with van der Waals surface area (Å²) in [6.45, 7) is 0.590. The fourth-order valence-electron chi connectivity index (χ4n) is 1.26. The molecule has 1 aromatic rings. The van der Waals surface area contributed by atoms with Gasteiger partial charge in [-0.15, -0.1) is 0 Å². The van der Waals surface area contributed by atoms with Crippen molar-refractivity contribution in [3.05, 3.63) is 12.4 Å². The highest BCUT2D eigenvalue weighted by atomic mass is 16.4.